The van der Waals surface area contributed by atoms with Crippen LogP contribution in [0.4, 0.5) is 5.69 Å². The number of rotatable bonds is 3. The van der Waals surface area contributed by atoms with Crippen molar-refractivity contribution in [1.82, 2.24) is 0 Å². The van der Waals surface area contributed by atoms with Crippen molar-refractivity contribution in [2.24, 2.45) is 10.1 Å². The summed E-state index contributed by atoms with van der Waals surface area (Å²) in [7, 11) is 0. The summed E-state index contributed by atoms with van der Waals surface area (Å²) in [6, 6.07) is 11.6. The summed E-state index contributed by atoms with van der Waals surface area (Å²) in [5.74, 6) is 0. The predicted molar refractivity (Wildman–Crippen MR) is 72.0 cm³/mol. The largest absolute Gasteiger partial charge is 0.411 e. The predicted octanol–water partition coefficient (Wildman–Crippen LogP) is 3.70. The van der Waals surface area contributed by atoms with E-state index in [1.54, 1.807) is 18.3 Å². The number of oxime groups is 1. The lowest BCUT2D eigenvalue weighted by atomic mass is 10.1. The normalized spacial score (nSPS) is 12.2. The fourth-order valence-corrected chi connectivity index (χ4v) is 2.03. The summed E-state index contributed by atoms with van der Waals surface area (Å²) in [5, 5.41) is 14.0. The van der Waals surface area contributed by atoms with Gasteiger partial charge in [-0.2, -0.15) is 0 Å². The van der Waals surface area contributed by atoms with E-state index < -0.39 is 0 Å². The molecule has 0 bridgehead atoms. The third-order valence-corrected chi connectivity index (χ3v) is 3.12. The van der Waals surface area contributed by atoms with Crippen LogP contribution in [0.2, 0.25) is 0 Å². The van der Waals surface area contributed by atoms with Crippen LogP contribution in [-0.2, 0) is 0 Å². The summed E-state index contributed by atoms with van der Waals surface area (Å²) < 4.78 is 0. The van der Waals surface area contributed by atoms with E-state index in [0.717, 1.165) is 16.1 Å². The van der Waals surface area contributed by atoms with Crippen molar-refractivity contribution < 1.29 is 5.21 Å². The number of thiophene rings is 1. The smallest absolute Gasteiger partial charge is 0.0858 e. The highest BCUT2D eigenvalue weighted by Crippen LogP contribution is 2.20. The molecule has 0 aliphatic carbocycles. The van der Waals surface area contributed by atoms with Gasteiger partial charge in [0.15, 0.2) is 0 Å². The van der Waals surface area contributed by atoms with Gasteiger partial charge in [0.25, 0.3) is 0 Å². The third-order valence-electron chi connectivity index (χ3n) is 2.32. The van der Waals surface area contributed by atoms with Crippen molar-refractivity contribution in [2.75, 3.05) is 0 Å². The van der Waals surface area contributed by atoms with Crippen molar-refractivity contribution in [2.45, 2.75) is 6.92 Å². The fourth-order valence-electron chi connectivity index (χ4n) is 1.44. The van der Waals surface area contributed by atoms with Crippen LogP contribution in [0.1, 0.15) is 17.4 Å². The number of nitrogens with zero attached hydrogens (tertiary/aromatic N) is 2. The molecule has 2 aromatic rings. The maximum absolute atomic E-state index is 8.80. The van der Waals surface area contributed by atoms with Gasteiger partial charge in [-0.15, -0.1) is 11.3 Å². The summed E-state index contributed by atoms with van der Waals surface area (Å²) in [6.45, 7) is 1.75. The van der Waals surface area contributed by atoms with E-state index in [1.165, 1.54) is 0 Å². The first-order valence-electron chi connectivity index (χ1n) is 5.17. The number of hydrogen-bond donors (Lipinski definition) is 1. The summed E-state index contributed by atoms with van der Waals surface area (Å²) in [4.78, 5) is 5.51. The van der Waals surface area contributed by atoms with E-state index in [0.29, 0.717) is 5.71 Å². The van der Waals surface area contributed by atoms with Crippen molar-refractivity contribution in [3.8, 4) is 0 Å². The van der Waals surface area contributed by atoms with Gasteiger partial charge in [0.2, 0.25) is 0 Å². The van der Waals surface area contributed by atoms with Gasteiger partial charge in [0.05, 0.1) is 11.4 Å². The van der Waals surface area contributed by atoms with Gasteiger partial charge >= 0.3 is 0 Å². The molecule has 0 aliphatic rings. The van der Waals surface area contributed by atoms with E-state index in [9.17, 15) is 0 Å². The average Bonchev–Trinajstić information content (AvgIpc) is 2.89. The van der Waals surface area contributed by atoms with Crippen molar-refractivity contribution in [1.29, 1.82) is 0 Å². The van der Waals surface area contributed by atoms with Gasteiger partial charge in [-0.1, -0.05) is 29.4 Å². The summed E-state index contributed by atoms with van der Waals surface area (Å²) in [5.41, 5.74) is 2.20. The van der Waals surface area contributed by atoms with Crippen molar-refractivity contribution in [3.05, 3.63) is 52.2 Å². The highest BCUT2D eigenvalue weighted by atomic mass is 32.1. The van der Waals surface area contributed by atoms with E-state index in [1.807, 2.05) is 48.0 Å². The van der Waals surface area contributed by atoms with Gasteiger partial charge in [-0.05, 0) is 24.4 Å². The second-order valence-corrected chi connectivity index (χ2v) is 4.46. The molecule has 17 heavy (non-hydrogen) atoms. The monoisotopic (exact) mass is 244 g/mol. The molecule has 1 heterocycles. The molecule has 0 unspecified atom stereocenters. The Balaban J connectivity index is 2.33. The Labute approximate surface area is 104 Å². The van der Waals surface area contributed by atoms with Crippen LogP contribution in [0.25, 0.3) is 0 Å². The molecule has 0 amide bonds. The average molecular weight is 244 g/mol. The van der Waals surface area contributed by atoms with Crippen LogP contribution in [0.15, 0.2) is 51.9 Å². The Kier molecular flexibility index (Phi) is 3.67. The van der Waals surface area contributed by atoms with Crippen LogP contribution in [0.5, 0.6) is 0 Å². The highest BCUT2D eigenvalue weighted by Gasteiger charge is 2.03. The lowest BCUT2D eigenvalue weighted by molar-refractivity contribution is 0.319. The number of benzene rings is 1. The standard InChI is InChI=1S/C13H12N2OS/c1-10(15-16)12-6-2-3-7-13(12)14-9-11-5-4-8-17-11/h2-9,16H,1H3/b14-9?,15-10+. The van der Waals surface area contributed by atoms with Gasteiger partial charge in [-0.3, -0.25) is 4.99 Å². The van der Waals surface area contributed by atoms with Crippen LogP contribution in [0, 0.1) is 0 Å². The van der Waals surface area contributed by atoms with Crippen LogP contribution >= 0.6 is 11.3 Å². The van der Waals surface area contributed by atoms with Gasteiger partial charge in [-0.25, -0.2) is 0 Å². The van der Waals surface area contributed by atoms with Gasteiger partial charge < -0.3 is 5.21 Å². The molecule has 1 N–H and O–H groups in total. The third kappa shape index (κ3) is 2.79. The molecule has 4 heteroatoms. The zero-order valence-electron chi connectivity index (χ0n) is 9.37. The molecule has 1 aromatic carbocycles. The van der Waals surface area contributed by atoms with Crippen LogP contribution < -0.4 is 0 Å². The first kappa shape index (κ1) is 11.5. The molecule has 0 radical (unpaired) electrons. The topological polar surface area (TPSA) is 45.0 Å². The maximum atomic E-state index is 8.80. The molecule has 3 nitrogen and oxygen atoms in total. The molecule has 86 valence electrons. The van der Waals surface area contributed by atoms with Crippen molar-refractivity contribution >= 4 is 29.0 Å². The Hall–Kier alpha value is -1.94. The zero-order chi connectivity index (χ0) is 12.1. The minimum Gasteiger partial charge on any atom is -0.411 e. The van der Waals surface area contributed by atoms with E-state index >= 15 is 0 Å². The number of hydrogen-bond acceptors (Lipinski definition) is 4. The summed E-state index contributed by atoms with van der Waals surface area (Å²) >= 11 is 1.63. The molecule has 0 spiro atoms. The Morgan fingerprint density at radius 2 is 2.06 bits per heavy atom. The number of aliphatic imine (C=N–C) groups is 1. The lowest BCUT2D eigenvalue weighted by Crippen LogP contribution is -1.94. The maximum Gasteiger partial charge on any atom is 0.0858 e. The SMILES string of the molecule is C/C(=N\O)c1ccccc1N=Cc1cccs1. The Morgan fingerprint density at radius 1 is 1.24 bits per heavy atom. The zero-order valence-corrected chi connectivity index (χ0v) is 10.2. The second-order valence-electron chi connectivity index (χ2n) is 3.48. The molecule has 0 saturated heterocycles. The minimum absolute atomic E-state index is 0.559. The van der Waals surface area contributed by atoms with Gasteiger partial charge in [0, 0.05) is 16.7 Å². The molecule has 0 fully saturated rings. The van der Waals surface area contributed by atoms with E-state index in [2.05, 4.69) is 10.1 Å². The molecular formula is C13H12N2OS. The summed E-state index contributed by atoms with van der Waals surface area (Å²) in [6.07, 6.45) is 1.81. The van der Waals surface area contributed by atoms with Gasteiger partial charge in [0.1, 0.15) is 0 Å². The highest BCUT2D eigenvalue weighted by molar-refractivity contribution is 7.11. The first-order valence-corrected chi connectivity index (χ1v) is 6.05. The Morgan fingerprint density at radius 3 is 2.76 bits per heavy atom. The Bertz CT molecular complexity index is 544. The van der Waals surface area contributed by atoms with Crippen molar-refractivity contribution in [3.63, 3.8) is 0 Å². The lowest BCUT2D eigenvalue weighted by Gasteiger charge is -2.02. The van der Waals surface area contributed by atoms with E-state index in [4.69, 9.17) is 5.21 Å². The second kappa shape index (κ2) is 5.41. The molecule has 1 aromatic heterocycles. The molecule has 0 aliphatic heterocycles. The molecular weight excluding hydrogens is 232 g/mol. The van der Waals surface area contributed by atoms with E-state index in [-0.39, 0.29) is 0 Å². The molecule has 2 rings (SSSR count). The quantitative estimate of drug-likeness (QED) is 0.499. The minimum atomic E-state index is 0.559. The number of para-hydroxylation sites is 1. The van der Waals surface area contributed by atoms with Crippen LogP contribution in [-0.4, -0.2) is 17.1 Å². The molecule has 0 atom stereocenters. The first-order chi connectivity index (χ1) is 8.31. The fraction of sp³-hybridized carbons (Fsp3) is 0.0769. The van der Waals surface area contributed by atoms with Crippen LogP contribution in [0.3, 0.4) is 0 Å². The molecule has 0 saturated carbocycles.